The summed E-state index contributed by atoms with van der Waals surface area (Å²) in [6.45, 7) is 1.00. The van der Waals surface area contributed by atoms with Gasteiger partial charge in [-0.25, -0.2) is 4.79 Å². The van der Waals surface area contributed by atoms with E-state index in [0.717, 1.165) is 16.5 Å². The molecule has 1 heterocycles. The van der Waals surface area contributed by atoms with Crippen LogP contribution in [0.3, 0.4) is 0 Å². The van der Waals surface area contributed by atoms with E-state index in [1.807, 2.05) is 30.3 Å². The summed E-state index contributed by atoms with van der Waals surface area (Å²) in [6.07, 6.45) is 0. The van der Waals surface area contributed by atoms with Crippen molar-refractivity contribution in [3.05, 3.63) is 65.0 Å². The zero-order valence-electron chi connectivity index (χ0n) is 14.5. The summed E-state index contributed by atoms with van der Waals surface area (Å²) in [6, 6.07) is 14.8. The smallest absolute Gasteiger partial charge is 0.336 e. The maximum absolute atomic E-state index is 11.9. The summed E-state index contributed by atoms with van der Waals surface area (Å²) in [4.78, 5) is 34.4. The Hall–Kier alpha value is -3.61. The molecule has 0 radical (unpaired) electrons. The molecule has 2 aromatic carbocycles. The van der Waals surface area contributed by atoms with Gasteiger partial charge in [0.25, 0.3) is 5.91 Å². The van der Waals surface area contributed by atoms with Gasteiger partial charge in [0, 0.05) is 17.5 Å². The molecule has 0 aliphatic heterocycles. The highest BCUT2D eigenvalue weighted by Gasteiger charge is 2.14. The van der Waals surface area contributed by atoms with Gasteiger partial charge in [-0.1, -0.05) is 30.3 Å². The highest BCUT2D eigenvalue weighted by molar-refractivity contribution is 5.93. The lowest BCUT2D eigenvalue weighted by Gasteiger charge is -2.11. The van der Waals surface area contributed by atoms with Crippen LogP contribution in [0.15, 0.2) is 63.8 Å². The normalized spacial score (nSPS) is 11.7. The van der Waals surface area contributed by atoms with Gasteiger partial charge in [0.05, 0.1) is 0 Å². The van der Waals surface area contributed by atoms with Gasteiger partial charge in [-0.2, -0.15) is 0 Å². The zero-order valence-corrected chi connectivity index (χ0v) is 14.5. The Morgan fingerprint density at radius 2 is 1.89 bits per heavy atom. The van der Waals surface area contributed by atoms with Crippen LogP contribution in [0, 0.1) is 0 Å². The molecule has 3 aromatic rings. The number of fused-ring (bicyclic) bond motifs is 1. The Labute approximate surface area is 154 Å². The molecule has 27 heavy (non-hydrogen) atoms. The van der Waals surface area contributed by atoms with E-state index in [-0.39, 0.29) is 6.61 Å². The second-order valence-electron chi connectivity index (χ2n) is 5.92. The summed E-state index contributed by atoms with van der Waals surface area (Å²) >= 11 is 0. The maximum Gasteiger partial charge on any atom is 0.336 e. The lowest BCUT2D eigenvalue weighted by Crippen LogP contribution is -2.40. The molecule has 0 aliphatic carbocycles. The molecule has 0 fully saturated rings. The number of nitrogens with one attached hydrogen (secondary N) is 1. The lowest BCUT2D eigenvalue weighted by molar-refractivity contribution is -0.141. The lowest BCUT2D eigenvalue weighted by atomic mass is 10.0. The van der Waals surface area contributed by atoms with Crippen molar-refractivity contribution < 1.29 is 23.8 Å². The molecule has 2 N–H and O–H groups in total. The van der Waals surface area contributed by atoms with Crippen molar-refractivity contribution in [2.75, 3.05) is 6.61 Å². The second kappa shape index (κ2) is 7.74. The number of hydrogen-bond acceptors (Lipinski definition) is 5. The van der Waals surface area contributed by atoms with Crippen molar-refractivity contribution in [1.29, 1.82) is 0 Å². The highest BCUT2D eigenvalue weighted by Crippen LogP contribution is 2.29. The topological polar surface area (TPSA) is 106 Å². The molecule has 1 atom stereocenters. The number of amides is 1. The number of aliphatic carboxylic acids is 1. The average molecular weight is 367 g/mol. The quantitative estimate of drug-likeness (QED) is 0.648. The minimum Gasteiger partial charge on any atom is -0.484 e. The van der Waals surface area contributed by atoms with Gasteiger partial charge < -0.3 is 19.6 Å². The predicted molar refractivity (Wildman–Crippen MR) is 98.7 cm³/mol. The minimum absolute atomic E-state index is 0.328. The van der Waals surface area contributed by atoms with Gasteiger partial charge in [-0.05, 0) is 30.2 Å². The third kappa shape index (κ3) is 4.33. The second-order valence-corrected chi connectivity index (χ2v) is 5.92. The van der Waals surface area contributed by atoms with Gasteiger partial charge in [-0.15, -0.1) is 0 Å². The molecule has 0 bridgehead atoms. The number of benzene rings is 2. The Morgan fingerprint density at radius 1 is 1.15 bits per heavy atom. The first kappa shape index (κ1) is 18.2. The van der Waals surface area contributed by atoms with Gasteiger partial charge in [0.2, 0.25) is 0 Å². The Bertz CT molecular complexity index is 1040. The fourth-order valence-corrected chi connectivity index (χ4v) is 2.58. The number of ether oxygens (including phenoxy) is 1. The fourth-order valence-electron chi connectivity index (χ4n) is 2.58. The number of carbonyl (C=O) groups is 2. The largest absolute Gasteiger partial charge is 0.484 e. The van der Waals surface area contributed by atoms with Crippen LogP contribution in [0.25, 0.3) is 22.1 Å². The van der Waals surface area contributed by atoms with Crippen LogP contribution in [0.5, 0.6) is 5.75 Å². The first-order valence-corrected chi connectivity index (χ1v) is 8.22. The van der Waals surface area contributed by atoms with Gasteiger partial charge in [0.15, 0.2) is 6.61 Å². The van der Waals surface area contributed by atoms with E-state index < -0.39 is 23.5 Å². The number of hydrogen-bond donors (Lipinski definition) is 2. The standard InChI is InChI=1S/C20H17NO6/c1-12(20(24)25)21-18(22)11-26-14-7-8-15-16(13-5-3-2-4-6-13)10-19(23)27-17(15)9-14/h2-10,12H,11H2,1H3,(H,21,22)(H,24,25). The Balaban J connectivity index is 1.83. The average Bonchev–Trinajstić information content (AvgIpc) is 2.66. The first-order valence-electron chi connectivity index (χ1n) is 8.22. The van der Waals surface area contributed by atoms with Crippen LogP contribution in [0.2, 0.25) is 0 Å². The molecular formula is C20H17NO6. The molecule has 0 aliphatic rings. The van der Waals surface area contributed by atoms with Crippen molar-refractivity contribution in [2.45, 2.75) is 13.0 Å². The van der Waals surface area contributed by atoms with E-state index in [9.17, 15) is 14.4 Å². The molecule has 1 aromatic heterocycles. The summed E-state index contributed by atoms with van der Waals surface area (Å²) in [5, 5.41) is 11.8. The number of carboxylic acid groups (broad SMARTS) is 1. The van der Waals surface area contributed by atoms with E-state index in [1.165, 1.54) is 19.1 Å². The highest BCUT2D eigenvalue weighted by atomic mass is 16.5. The summed E-state index contributed by atoms with van der Waals surface area (Å²) in [5.74, 6) is -1.37. The molecule has 138 valence electrons. The van der Waals surface area contributed by atoms with Crippen LogP contribution in [0.1, 0.15) is 6.92 Å². The molecular weight excluding hydrogens is 350 g/mol. The van der Waals surface area contributed by atoms with Gasteiger partial charge >= 0.3 is 11.6 Å². The number of carboxylic acids is 1. The van der Waals surface area contributed by atoms with Crippen molar-refractivity contribution >= 4 is 22.8 Å². The SMILES string of the molecule is CC(NC(=O)COc1ccc2c(-c3ccccc3)cc(=O)oc2c1)C(=O)O. The van der Waals surface area contributed by atoms with E-state index in [2.05, 4.69) is 5.32 Å². The monoisotopic (exact) mass is 367 g/mol. The first-order chi connectivity index (χ1) is 12.9. The van der Waals surface area contributed by atoms with E-state index in [0.29, 0.717) is 11.3 Å². The molecule has 0 spiro atoms. The van der Waals surface area contributed by atoms with Gasteiger partial charge in [0.1, 0.15) is 17.4 Å². The zero-order chi connectivity index (χ0) is 19.4. The minimum atomic E-state index is -1.13. The summed E-state index contributed by atoms with van der Waals surface area (Å²) in [5.41, 5.74) is 1.46. The number of carbonyl (C=O) groups excluding carboxylic acids is 1. The maximum atomic E-state index is 11.9. The van der Waals surface area contributed by atoms with Gasteiger partial charge in [-0.3, -0.25) is 9.59 Å². The van der Waals surface area contributed by atoms with E-state index in [4.69, 9.17) is 14.3 Å². The molecule has 1 unspecified atom stereocenters. The molecule has 0 saturated heterocycles. The van der Waals surface area contributed by atoms with Crippen LogP contribution in [-0.2, 0) is 9.59 Å². The molecule has 7 nitrogen and oxygen atoms in total. The Kier molecular flexibility index (Phi) is 5.21. The third-order valence-corrected chi connectivity index (χ3v) is 3.92. The van der Waals surface area contributed by atoms with Crippen molar-refractivity contribution in [3.63, 3.8) is 0 Å². The molecule has 1 amide bonds. The van der Waals surface area contributed by atoms with Crippen LogP contribution >= 0.6 is 0 Å². The summed E-state index contributed by atoms with van der Waals surface area (Å²) < 4.78 is 10.6. The van der Waals surface area contributed by atoms with Crippen molar-refractivity contribution in [3.8, 4) is 16.9 Å². The molecule has 7 heteroatoms. The van der Waals surface area contributed by atoms with Crippen LogP contribution in [0.4, 0.5) is 0 Å². The Morgan fingerprint density at radius 3 is 2.59 bits per heavy atom. The van der Waals surface area contributed by atoms with E-state index >= 15 is 0 Å². The number of rotatable bonds is 6. The molecule has 3 rings (SSSR count). The van der Waals surface area contributed by atoms with Crippen LogP contribution < -0.4 is 15.7 Å². The third-order valence-electron chi connectivity index (χ3n) is 3.92. The van der Waals surface area contributed by atoms with Crippen molar-refractivity contribution in [2.24, 2.45) is 0 Å². The fraction of sp³-hybridized carbons (Fsp3) is 0.150. The molecule has 0 saturated carbocycles. The van der Waals surface area contributed by atoms with Crippen LogP contribution in [-0.4, -0.2) is 29.6 Å². The predicted octanol–water partition coefficient (Wildman–Crippen LogP) is 2.43. The van der Waals surface area contributed by atoms with Crippen molar-refractivity contribution in [1.82, 2.24) is 5.32 Å². The van der Waals surface area contributed by atoms with E-state index in [1.54, 1.807) is 12.1 Å². The summed E-state index contributed by atoms with van der Waals surface area (Å²) in [7, 11) is 0.